The van der Waals surface area contributed by atoms with E-state index in [4.69, 9.17) is 0 Å². The second kappa shape index (κ2) is 6.43. The van der Waals surface area contributed by atoms with Crippen LogP contribution in [-0.2, 0) is 0 Å². The number of ether oxygens (including phenoxy) is 1. The minimum Gasteiger partial charge on any atom is -0.468 e. The Labute approximate surface area is 120 Å². The first kappa shape index (κ1) is 15.1. The van der Waals surface area contributed by atoms with Gasteiger partial charge in [0.05, 0.1) is 23.6 Å². The molecule has 0 saturated carbocycles. The van der Waals surface area contributed by atoms with Gasteiger partial charge in [-0.05, 0) is 25.1 Å². The lowest BCUT2D eigenvalue weighted by Gasteiger charge is -2.14. The number of nitrogens with zero attached hydrogens (tertiary/aromatic N) is 2. The Morgan fingerprint density at radius 2 is 2.00 bits per heavy atom. The molecule has 2 rings (SSSR count). The first-order valence-electron chi connectivity index (χ1n) is 6.27. The first-order chi connectivity index (χ1) is 9.94. The molecule has 2 aromatic rings. The number of anilines is 1. The van der Waals surface area contributed by atoms with Crippen molar-refractivity contribution in [2.45, 2.75) is 19.1 Å². The third-order valence-electron chi connectivity index (χ3n) is 2.63. The van der Waals surface area contributed by atoms with Gasteiger partial charge in [-0.1, -0.05) is 6.07 Å². The van der Waals surface area contributed by atoms with Crippen LogP contribution in [0, 0.1) is 0 Å². The summed E-state index contributed by atoms with van der Waals surface area (Å²) in [6, 6.07) is 8.54. The van der Waals surface area contributed by atoms with Crippen LogP contribution in [0.25, 0.3) is 0 Å². The van der Waals surface area contributed by atoms with Gasteiger partial charge in [-0.15, -0.1) is 0 Å². The highest BCUT2D eigenvalue weighted by molar-refractivity contribution is 5.43. The average molecular weight is 297 g/mol. The van der Waals surface area contributed by atoms with Gasteiger partial charge >= 0.3 is 6.18 Å². The van der Waals surface area contributed by atoms with E-state index in [-0.39, 0.29) is 11.9 Å². The minimum absolute atomic E-state index is 0.0463. The van der Waals surface area contributed by atoms with Crippen molar-refractivity contribution >= 4 is 5.69 Å². The van der Waals surface area contributed by atoms with Crippen LogP contribution in [0.15, 0.2) is 42.7 Å². The van der Waals surface area contributed by atoms with E-state index in [1.165, 1.54) is 12.3 Å². The van der Waals surface area contributed by atoms with Crippen LogP contribution in [0.1, 0.15) is 18.7 Å². The Balaban J connectivity index is 1.93. The van der Waals surface area contributed by atoms with Crippen molar-refractivity contribution in [1.82, 2.24) is 9.97 Å². The highest BCUT2D eigenvalue weighted by Gasteiger charge is 2.28. The molecular formula is C14H14F3N3O. The number of pyridine rings is 2. The molecule has 0 saturated heterocycles. The third-order valence-corrected chi connectivity index (χ3v) is 2.63. The van der Waals surface area contributed by atoms with Crippen molar-refractivity contribution in [1.29, 1.82) is 0 Å². The second-order valence-corrected chi connectivity index (χ2v) is 4.41. The zero-order valence-electron chi connectivity index (χ0n) is 11.3. The Morgan fingerprint density at radius 3 is 2.57 bits per heavy atom. The molecule has 0 bridgehead atoms. The van der Waals surface area contributed by atoms with Crippen molar-refractivity contribution in [3.63, 3.8) is 0 Å². The summed E-state index contributed by atoms with van der Waals surface area (Å²) in [7, 11) is 0. The second-order valence-electron chi connectivity index (χ2n) is 4.41. The molecule has 0 aliphatic heterocycles. The molecule has 2 heterocycles. The highest BCUT2D eigenvalue weighted by atomic mass is 19.4. The van der Waals surface area contributed by atoms with Crippen LogP contribution >= 0.6 is 0 Å². The molecule has 4 nitrogen and oxygen atoms in total. The molecule has 7 heteroatoms. The number of rotatable bonds is 5. The van der Waals surface area contributed by atoms with Crippen molar-refractivity contribution in [3.8, 4) is 5.88 Å². The van der Waals surface area contributed by atoms with Gasteiger partial charge in [-0.2, -0.15) is 13.2 Å². The van der Waals surface area contributed by atoms with Crippen LogP contribution in [0.3, 0.4) is 0 Å². The van der Waals surface area contributed by atoms with E-state index in [1.54, 1.807) is 12.3 Å². The largest absolute Gasteiger partial charge is 0.468 e. The fraction of sp³-hybridized carbons (Fsp3) is 0.286. The standard InChI is InChI=1S/C14H14F3N3O/c1-10(12-4-2-3-7-18-12)20-11-5-6-13(19-8-11)21-9-14(15,16)17/h2-8,10,20H,9H2,1H3. The van der Waals surface area contributed by atoms with Gasteiger partial charge in [0.1, 0.15) is 0 Å². The molecule has 112 valence electrons. The van der Waals surface area contributed by atoms with Crippen molar-refractivity contribution < 1.29 is 17.9 Å². The topological polar surface area (TPSA) is 47.0 Å². The molecule has 0 spiro atoms. The maximum absolute atomic E-state index is 12.0. The Bertz CT molecular complexity index is 558. The fourth-order valence-electron chi connectivity index (χ4n) is 1.66. The number of aromatic nitrogens is 2. The molecule has 0 radical (unpaired) electrons. The molecular weight excluding hydrogens is 283 g/mol. The normalized spacial score (nSPS) is 12.8. The van der Waals surface area contributed by atoms with E-state index in [9.17, 15) is 13.2 Å². The van der Waals surface area contributed by atoms with E-state index < -0.39 is 12.8 Å². The molecule has 0 aliphatic rings. The predicted molar refractivity (Wildman–Crippen MR) is 72.1 cm³/mol. The maximum Gasteiger partial charge on any atom is 0.422 e. The Morgan fingerprint density at radius 1 is 1.19 bits per heavy atom. The van der Waals surface area contributed by atoms with Gasteiger partial charge in [-0.3, -0.25) is 4.98 Å². The minimum atomic E-state index is -4.37. The molecule has 0 amide bonds. The van der Waals surface area contributed by atoms with E-state index in [0.29, 0.717) is 5.69 Å². The maximum atomic E-state index is 12.0. The summed E-state index contributed by atoms with van der Waals surface area (Å²) in [6.45, 7) is 0.577. The molecule has 0 fully saturated rings. The van der Waals surface area contributed by atoms with E-state index in [2.05, 4.69) is 20.0 Å². The van der Waals surface area contributed by atoms with Crippen molar-refractivity contribution in [2.24, 2.45) is 0 Å². The van der Waals surface area contributed by atoms with Crippen molar-refractivity contribution in [3.05, 3.63) is 48.4 Å². The van der Waals surface area contributed by atoms with Gasteiger partial charge in [0, 0.05) is 12.3 Å². The number of hydrogen-bond acceptors (Lipinski definition) is 4. The summed E-state index contributed by atoms with van der Waals surface area (Å²) in [5, 5.41) is 3.15. The smallest absolute Gasteiger partial charge is 0.422 e. The summed E-state index contributed by atoms with van der Waals surface area (Å²) in [5.74, 6) is -0.0663. The predicted octanol–water partition coefficient (Wildman–Crippen LogP) is 3.59. The summed E-state index contributed by atoms with van der Waals surface area (Å²) in [5.41, 5.74) is 1.53. The van der Waals surface area contributed by atoms with Crippen LogP contribution < -0.4 is 10.1 Å². The Kier molecular flexibility index (Phi) is 4.62. The van der Waals surface area contributed by atoms with E-state index >= 15 is 0 Å². The van der Waals surface area contributed by atoms with Gasteiger partial charge in [-0.25, -0.2) is 4.98 Å². The van der Waals surface area contributed by atoms with Crippen LogP contribution in [0.5, 0.6) is 5.88 Å². The van der Waals surface area contributed by atoms with Crippen LogP contribution in [0.2, 0.25) is 0 Å². The summed E-state index contributed by atoms with van der Waals surface area (Å²) >= 11 is 0. The third kappa shape index (κ3) is 4.94. The van der Waals surface area contributed by atoms with E-state index in [0.717, 1.165) is 5.69 Å². The van der Waals surface area contributed by atoms with Gasteiger partial charge in [0.2, 0.25) is 5.88 Å². The zero-order valence-corrected chi connectivity index (χ0v) is 11.3. The van der Waals surface area contributed by atoms with Gasteiger partial charge in [0.25, 0.3) is 0 Å². The number of hydrogen-bond donors (Lipinski definition) is 1. The Hall–Kier alpha value is -2.31. The van der Waals surface area contributed by atoms with Gasteiger partial charge < -0.3 is 10.1 Å². The zero-order chi connectivity index (χ0) is 15.3. The molecule has 2 aromatic heterocycles. The quantitative estimate of drug-likeness (QED) is 0.916. The fourth-order valence-corrected chi connectivity index (χ4v) is 1.66. The lowest BCUT2D eigenvalue weighted by atomic mass is 10.2. The molecule has 1 atom stereocenters. The van der Waals surface area contributed by atoms with Crippen LogP contribution in [-0.4, -0.2) is 22.8 Å². The summed E-state index contributed by atoms with van der Waals surface area (Å²) < 4.78 is 40.6. The summed E-state index contributed by atoms with van der Waals surface area (Å²) in [4.78, 5) is 8.04. The average Bonchev–Trinajstić information content (AvgIpc) is 2.46. The lowest BCUT2D eigenvalue weighted by molar-refractivity contribution is -0.154. The molecule has 1 N–H and O–H groups in total. The monoisotopic (exact) mass is 297 g/mol. The van der Waals surface area contributed by atoms with Crippen molar-refractivity contribution in [2.75, 3.05) is 11.9 Å². The molecule has 21 heavy (non-hydrogen) atoms. The lowest BCUT2D eigenvalue weighted by Crippen LogP contribution is -2.19. The van der Waals surface area contributed by atoms with Crippen LogP contribution in [0.4, 0.5) is 18.9 Å². The van der Waals surface area contributed by atoms with E-state index in [1.807, 2.05) is 25.1 Å². The number of halogens is 3. The SMILES string of the molecule is CC(Nc1ccc(OCC(F)(F)F)nc1)c1ccccn1. The molecule has 0 aromatic carbocycles. The number of alkyl halides is 3. The molecule has 0 aliphatic carbocycles. The molecule has 1 unspecified atom stereocenters. The van der Waals surface area contributed by atoms with Gasteiger partial charge in [0.15, 0.2) is 6.61 Å². The number of nitrogens with one attached hydrogen (secondary N) is 1. The highest BCUT2D eigenvalue weighted by Crippen LogP contribution is 2.20. The summed E-state index contributed by atoms with van der Waals surface area (Å²) in [6.07, 6.45) is -1.25. The first-order valence-corrected chi connectivity index (χ1v) is 6.27.